The number of nitrogens with one attached hydrogen (secondary N) is 1. The second-order valence-corrected chi connectivity index (χ2v) is 14.8. The molecule has 6 rings (SSSR count). The summed E-state index contributed by atoms with van der Waals surface area (Å²) in [5.41, 5.74) is 1.19. The molecule has 3 aromatic rings. The number of benzene rings is 3. The molecule has 3 aliphatic rings. The Bertz CT molecular complexity index is 1540. The number of amides is 1. The Hall–Kier alpha value is -3.30. The van der Waals surface area contributed by atoms with Crippen LogP contribution in [-0.2, 0) is 20.7 Å². The normalized spacial score (nSPS) is 23.1. The monoisotopic (exact) mass is 636 g/mol. The molecule has 3 fully saturated rings. The highest BCUT2D eigenvalue weighted by Gasteiger charge is 2.53. The highest BCUT2D eigenvalue weighted by molar-refractivity contribution is 7.89. The van der Waals surface area contributed by atoms with Crippen LogP contribution in [0.3, 0.4) is 0 Å². The Morgan fingerprint density at radius 3 is 2.09 bits per heavy atom. The fourth-order valence-electron chi connectivity index (χ4n) is 7.43. The van der Waals surface area contributed by atoms with Gasteiger partial charge in [0.2, 0.25) is 15.9 Å². The Morgan fingerprint density at radius 2 is 1.47 bits per heavy atom. The van der Waals surface area contributed by atoms with Crippen LogP contribution in [0.25, 0.3) is 11.1 Å². The van der Waals surface area contributed by atoms with Crippen molar-refractivity contribution in [2.75, 3.05) is 6.61 Å². The molecule has 240 valence electrons. The standard InChI is InChI=1S/C36H42F2N2O4S/c1-25-22-30-16-17-31(23-25)40(30)35(41)34(36(37,38)29-14-12-28(13-15-29)27-10-6-3-7-11-27)39-45(42,43)33-20-18-32(19-21-33)44-24-26-8-4-2-5-9-26/h3,6-7,10-15,18-21,25-26,30-31,34,39H,2,4-5,8-9,16-17,22-24H2,1H3. The fourth-order valence-corrected chi connectivity index (χ4v) is 8.62. The van der Waals surface area contributed by atoms with Gasteiger partial charge in [0.25, 0.3) is 5.92 Å². The Kier molecular flexibility index (Phi) is 9.29. The van der Waals surface area contributed by atoms with E-state index in [1.54, 1.807) is 29.2 Å². The Labute approximate surface area is 265 Å². The van der Waals surface area contributed by atoms with Crippen LogP contribution in [-0.4, -0.2) is 44.0 Å². The summed E-state index contributed by atoms with van der Waals surface area (Å²) in [6.45, 7) is 2.67. The molecule has 3 unspecified atom stereocenters. The third-order valence-corrected chi connectivity index (χ3v) is 11.3. The molecule has 2 aliphatic heterocycles. The van der Waals surface area contributed by atoms with Crippen molar-refractivity contribution in [3.8, 4) is 16.9 Å². The number of halogens is 2. The van der Waals surface area contributed by atoms with Crippen LogP contribution in [0.15, 0.2) is 83.8 Å². The minimum Gasteiger partial charge on any atom is -0.493 e. The van der Waals surface area contributed by atoms with Crippen LogP contribution < -0.4 is 9.46 Å². The van der Waals surface area contributed by atoms with Crippen molar-refractivity contribution >= 4 is 15.9 Å². The molecule has 1 N–H and O–H groups in total. The maximum absolute atomic E-state index is 16.5. The quantitative estimate of drug-likeness (QED) is 0.250. The molecule has 0 radical (unpaired) electrons. The topological polar surface area (TPSA) is 75.7 Å². The van der Waals surface area contributed by atoms with E-state index in [0.717, 1.165) is 49.7 Å². The summed E-state index contributed by atoms with van der Waals surface area (Å²) in [6.07, 6.45) is 8.78. The average Bonchev–Trinajstić information content (AvgIpc) is 3.33. The zero-order valence-corrected chi connectivity index (χ0v) is 26.5. The summed E-state index contributed by atoms with van der Waals surface area (Å²) in [5, 5.41) is 0. The van der Waals surface area contributed by atoms with E-state index in [2.05, 4.69) is 11.6 Å². The Balaban J connectivity index is 1.26. The number of fused-ring (bicyclic) bond motifs is 2. The average molecular weight is 637 g/mol. The van der Waals surface area contributed by atoms with Gasteiger partial charge in [0.05, 0.1) is 11.5 Å². The third-order valence-electron chi connectivity index (χ3n) is 9.83. The first kappa shape index (κ1) is 31.7. The number of hydrogen-bond donors (Lipinski definition) is 1. The van der Waals surface area contributed by atoms with Gasteiger partial charge >= 0.3 is 0 Å². The van der Waals surface area contributed by atoms with Gasteiger partial charge < -0.3 is 9.64 Å². The van der Waals surface area contributed by atoms with E-state index >= 15 is 8.78 Å². The van der Waals surface area contributed by atoms with Gasteiger partial charge in [-0.15, -0.1) is 0 Å². The molecular weight excluding hydrogens is 594 g/mol. The van der Waals surface area contributed by atoms with Crippen molar-refractivity contribution in [1.29, 1.82) is 0 Å². The molecule has 0 spiro atoms. The van der Waals surface area contributed by atoms with E-state index in [9.17, 15) is 13.2 Å². The van der Waals surface area contributed by atoms with Crippen LogP contribution >= 0.6 is 0 Å². The van der Waals surface area contributed by atoms with Gasteiger partial charge in [0.15, 0.2) is 6.04 Å². The number of carbonyl (C=O) groups excluding carboxylic acids is 1. The number of nitrogens with zero attached hydrogens (tertiary/aromatic N) is 1. The first-order chi connectivity index (χ1) is 21.6. The molecule has 9 heteroatoms. The first-order valence-electron chi connectivity index (χ1n) is 16.2. The van der Waals surface area contributed by atoms with Crippen molar-refractivity contribution in [3.63, 3.8) is 0 Å². The van der Waals surface area contributed by atoms with E-state index in [1.807, 2.05) is 30.3 Å². The molecule has 1 aliphatic carbocycles. The summed E-state index contributed by atoms with van der Waals surface area (Å²) >= 11 is 0. The minimum atomic E-state index is -4.50. The van der Waals surface area contributed by atoms with E-state index in [1.165, 1.54) is 43.5 Å². The predicted molar refractivity (Wildman–Crippen MR) is 170 cm³/mol. The molecular formula is C36H42F2N2O4S. The van der Waals surface area contributed by atoms with Crippen LogP contribution in [0.2, 0.25) is 0 Å². The Morgan fingerprint density at radius 1 is 0.867 bits per heavy atom. The number of piperidine rings is 1. The highest BCUT2D eigenvalue weighted by atomic mass is 32.2. The maximum atomic E-state index is 16.5. The summed E-state index contributed by atoms with van der Waals surface area (Å²) < 4.78 is 68.4. The lowest BCUT2D eigenvalue weighted by molar-refractivity contribution is -0.149. The summed E-state index contributed by atoms with van der Waals surface area (Å²) in [4.78, 5) is 15.4. The molecule has 3 atom stereocenters. The maximum Gasteiger partial charge on any atom is 0.298 e. The van der Waals surface area contributed by atoms with Crippen molar-refractivity contribution < 1.29 is 26.7 Å². The van der Waals surface area contributed by atoms with Gasteiger partial charge in [-0.2, -0.15) is 13.5 Å². The lowest BCUT2D eigenvalue weighted by Crippen LogP contribution is -2.59. The summed E-state index contributed by atoms with van der Waals surface area (Å²) in [5.74, 6) is -3.30. The predicted octanol–water partition coefficient (Wildman–Crippen LogP) is 7.54. The molecule has 45 heavy (non-hydrogen) atoms. The molecule has 1 amide bonds. The van der Waals surface area contributed by atoms with Gasteiger partial charge in [-0.1, -0.05) is 80.8 Å². The van der Waals surface area contributed by atoms with Gasteiger partial charge in [0, 0.05) is 17.6 Å². The molecule has 6 nitrogen and oxygen atoms in total. The zero-order chi connectivity index (χ0) is 31.6. The minimum absolute atomic E-state index is 0.171. The second-order valence-electron chi connectivity index (χ2n) is 13.1. The SMILES string of the molecule is CC1CC2CCC(C1)N2C(=O)C(NS(=O)(=O)c1ccc(OCC2CCCCC2)cc1)C(F)(F)c1ccc(-c2ccccc2)cc1. The smallest absolute Gasteiger partial charge is 0.298 e. The van der Waals surface area contributed by atoms with Crippen LogP contribution in [0.1, 0.15) is 70.3 Å². The first-order valence-corrected chi connectivity index (χ1v) is 17.7. The van der Waals surface area contributed by atoms with E-state index in [4.69, 9.17) is 4.74 Å². The lowest BCUT2D eigenvalue weighted by atomic mass is 9.90. The largest absolute Gasteiger partial charge is 0.493 e. The molecule has 2 heterocycles. The van der Waals surface area contributed by atoms with E-state index in [-0.39, 0.29) is 17.0 Å². The van der Waals surface area contributed by atoms with E-state index < -0.39 is 33.5 Å². The molecule has 1 saturated carbocycles. The molecule has 3 aromatic carbocycles. The zero-order valence-electron chi connectivity index (χ0n) is 25.7. The fraction of sp³-hybridized carbons (Fsp3) is 0.472. The number of rotatable bonds is 10. The summed E-state index contributed by atoms with van der Waals surface area (Å²) in [7, 11) is -4.50. The van der Waals surface area contributed by atoms with Crippen LogP contribution in [0, 0.1) is 11.8 Å². The highest BCUT2D eigenvalue weighted by Crippen LogP contribution is 2.42. The number of ether oxygens (including phenoxy) is 1. The third kappa shape index (κ3) is 6.94. The summed E-state index contributed by atoms with van der Waals surface area (Å²) in [6, 6.07) is 18.2. The van der Waals surface area contributed by atoms with Gasteiger partial charge in [-0.3, -0.25) is 4.79 Å². The van der Waals surface area contributed by atoms with E-state index in [0.29, 0.717) is 24.2 Å². The number of sulfonamides is 1. The molecule has 2 saturated heterocycles. The van der Waals surface area contributed by atoms with Crippen LogP contribution in [0.4, 0.5) is 8.78 Å². The van der Waals surface area contributed by atoms with Crippen LogP contribution in [0.5, 0.6) is 5.75 Å². The van der Waals surface area contributed by atoms with Gasteiger partial charge in [-0.05, 0) is 85.8 Å². The van der Waals surface area contributed by atoms with Crippen molar-refractivity contribution in [3.05, 3.63) is 84.4 Å². The number of carbonyl (C=O) groups is 1. The van der Waals surface area contributed by atoms with Crippen molar-refractivity contribution in [2.45, 2.75) is 93.7 Å². The van der Waals surface area contributed by atoms with Crippen molar-refractivity contribution in [1.82, 2.24) is 9.62 Å². The molecule has 0 aromatic heterocycles. The number of alkyl halides is 2. The van der Waals surface area contributed by atoms with Crippen molar-refractivity contribution in [2.24, 2.45) is 11.8 Å². The van der Waals surface area contributed by atoms with Gasteiger partial charge in [-0.25, -0.2) is 8.42 Å². The lowest BCUT2D eigenvalue weighted by Gasteiger charge is -2.41. The van der Waals surface area contributed by atoms with Gasteiger partial charge in [0.1, 0.15) is 5.75 Å². The second kappa shape index (κ2) is 13.2. The number of hydrogen-bond acceptors (Lipinski definition) is 4. The molecule has 2 bridgehead atoms.